The lowest BCUT2D eigenvalue weighted by molar-refractivity contribution is -0.152. The molecule has 0 radical (unpaired) electrons. The number of benzene rings is 1. The summed E-state index contributed by atoms with van der Waals surface area (Å²) in [6, 6.07) is 1.45. The van der Waals surface area contributed by atoms with E-state index >= 15 is 0 Å². The summed E-state index contributed by atoms with van der Waals surface area (Å²) in [5, 5.41) is 7.60. The minimum atomic E-state index is -4.91. The molecule has 1 aromatic heterocycles. The van der Waals surface area contributed by atoms with Gasteiger partial charge < -0.3 is 10.2 Å². The number of hydrogen-bond donors (Lipinski definition) is 1. The summed E-state index contributed by atoms with van der Waals surface area (Å²) in [6.45, 7) is -0.663. The summed E-state index contributed by atoms with van der Waals surface area (Å²) < 4.78 is 66.8. The number of halogens is 5. The maximum absolute atomic E-state index is 13.5. The summed E-state index contributed by atoms with van der Waals surface area (Å²) in [5.74, 6) is -2.00. The average molecular weight is 459 g/mol. The Bertz CT molecular complexity index is 1070. The summed E-state index contributed by atoms with van der Waals surface area (Å²) in [5.41, 5.74) is -0.516. The molecule has 1 N–H and O–H groups in total. The lowest BCUT2D eigenvalue weighted by Gasteiger charge is -2.27. The van der Waals surface area contributed by atoms with Crippen LogP contribution >= 0.6 is 0 Å². The van der Waals surface area contributed by atoms with Crippen LogP contribution in [-0.4, -0.2) is 58.1 Å². The largest absolute Gasteiger partial charge is 0.419 e. The van der Waals surface area contributed by atoms with Gasteiger partial charge in [0.15, 0.2) is 0 Å². The highest BCUT2D eigenvalue weighted by Crippen LogP contribution is 2.33. The molecule has 13 heteroatoms. The highest BCUT2D eigenvalue weighted by Gasteiger charge is 2.36. The molecule has 3 heterocycles. The van der Waals surface area contributed by atoms with Gasteiger partial charge in [-0.2, -0.15) is 18.3 Å². The van der Waals surface area contributed by atoms with Gasteiger partial charge in [-0.1, -0.05) is 0 Å². The summed E-state index contributed by atoms with van der Waals surface area (Å²) >= 11 is 0. The third-order valence-electron chi connectivity index (χ3n) is 5.26. The van der Waals surface area contributed by atoms with Crippen molar-refractivity contribution < 1.29 is 36.4 Å². The molecule has 0 unspecified atom stereocenters. The number of hydroxylamine groups is 2. The Morgan fingerprint density at radius 1 is 1.34 bits per heavy atom. The molecular formula is C19H18F5N5O3. The zero-order chi connectivity index (χ0) is 23.2. The molecule has 3 amide bonds. The van der Waals surface area contributed by atoms with Crippen molar-refractivity contribution in [1.29, 1.82) is 0 Å². The first-order valence-electron chi connectivity index (χ1n) is 9.60. The third kappa shape index (κ3) is 3.99. The zero-order valence-electron chi connectivity index (χ0n) is 16.7. The Morgan fingerprint density at radius 3 is 2.78 bits per heavy atom. The van der Waals surface area contributed by atoms with E-state index in [-0.39, 0.29) is 37.4 Å². The van der Waals surface area contributed by atoms with Crippen LogP contribution in [0.3, 0.4) is 0 Å². The van der Waals surface area contributed by atoms with Gasteiger partial charge in [0, 0.05) is 31.3 Å². The second-order valence-corrected chi connectivity index (χ2v) is 7.43. The molecule has 8 nitrogen and oxygen atoms in total. The van der Waals surface area contributed by atoms with Crippen LogP contribution in [-0.2, 0) is 30.5 Å². The highest BCUT2D eigenvalue weighted by atomic mass is 19.4. The van der Waals surface area contributed by atoms with E-state index in [4.69, 9.17) is 4.84 Å². The number of hydrogen-bond acceptors (Lipinski definition) is 4. The van der Waals surface area contributed by atoms with Gasteiger partial charge in [0.25, 0.3) is 5.91 Å². The number of carbonyl (C=O) groups is 2. The van der Waals surface area contributed by atoms with Gasteiger partial charge in [-0.25, -0.2) is 18.6 Å². The molecule has 0 spiro atoms. The Kier molecular flexibility index (Phi) is 5.53. The fourth-order valence-corrected chi connectivity index (χ4v) is 3.72. The molecule has 172 valence electrons. The zero-order valence-corrected chi connectivity index (χ0v) is 16.7. The van der Waals surface area contributed by atoms with Crippen LogP contribution in [0.1, 0.15) is 27.3 Å². The molecule has 1 aromatic carbocycles. The van der Waals surface area contributed by atoms with Gasteiger partial charge in [-0.15, -0.1) is 0 Å². The van der Waals surface area contributed by atoms with E-state index in [0.29, 0.717) is 23.4 Å². The van der Waals surface area contributed by atoms with Gasteiger partial charge >= 0.3 is 12.2 Å². The number of nitrogens with zero attached hydrogens (tertiary/aromatic N) is 4. The van der Waals surface area contributed by atoms with E-state index < -0.39 is 42.3 Å². The molecule has 2 aliphatic rings. The van der Waals surface area contributed by atoms with Crippen molar-refractivity contribution in [3.63, 3.8) is 0 Å². The first-order valence-corrected chi connectivity index (χ1v) is 9.60. The van der Waals surface area contributed by atoms with Crippen molar-refractivity contribution in [2.24, 2.45) is 0 Å². The lowest BCUT2D eigenvalue weighted by atomic mass is 10.1. The maximum atomic E-state index is 13.5. The molecule has 0 bridgehead atoms. The summed E-state index contributed by atoms with van der Waals surface area (Å²) in [6.07, 6.45) is -5.52. The van der Waals surface area contributed by atoms with Gasteiger partial charge in [0.2, 0.25) is 0 Å². The van der Waals surface area contributed by atoms with Gasteiger partial charge in [-0.05, 0) is 18.2 Å². The number of fused-ring (bicyclic) bond motifs is 3. The first-order chi connectivity index (χ1) is 15.1. The van der Waals surface area contributed by atoms with E-state index in [0.717, 1.165) is 11.1 Å². The molecule has 4 rings (SSSR count). The van der Waals surface area contributed by atoms with E-state index in [1.165, 1.54) is 16.6 Å². The standard InChI is InChI=1S/C19H18F5N5O3/c1-27-17(30)16-12-9-28(5-4-15(12)26-29(16)8-11(7-20)32-27)18(31)25-10-2-3-14(21)13(6-10)19(22,23)24/h2-3,6,11H,4-5,7-9H2,1H3,(H,25,31)/t11-/m1/s1. The molecule has 2 aliphatic heterocycles. The Labute approximate surface area is 178 Å². The van der Waals surface area contributed by atoms with Crippen LogP contribution in [0.25, 0.3) is 0 Å². The van der Waals surface area contributed by atoms with Crippen molar-refractivity contribution in [1.82, 2.24) is 19.7 Å². The molecule has 0 aliphatic carbocycles. The number of aromatic nitrogens is 2. The SMILES string of the molecule is CN1O[C@H](CF)Cn2nc3c(c2C1=O)CN(C(=O)Nc1ccc(F)c(C(F)(F)F)c1)CC3. The van der Waals surface area contributed by atoms with E-state index in [9.17, 15) is 31.5 Å². The van der Waals surface area contributed by atoms with E-state index in [1.807, 2.05) is 0 Å². The van der Waals surface area contributed by atoms with Crippen LogP contribution in [0.5, 0.6) is 0 Å². The van der Waals surface area contributed by atoms with Crippen LogP contribution < -0.4 is 5.32 Å². The molecule has 0 fully saturated rings. The third-order valence-corrected chi connectivity index (χ3v) is 5.26. The van der Waals surface area contributed by atoms with Crippen LogP contribution in [0.15, 0.2) is 18.2 Å². The Morgan fingerprint density at radius 2 is 2.09 bits per heavy atom. The Hall–Kier alpha value is -3.22. The number of anilines is 1. The molecule has 0 saturated carbocycles. The van der Waals surface area contributed by atoms with Gasteiger partial charge in [0.05, 0.1) is 24.3 Å². The maximum Gasteiger partial charge on any atom is 0.419 e. The minimum absolute atomic E-state index is 0.0108. The van der Waals surface area contributed by atoms with Crippen LogP contribution in [0, 0.1) is 5.82 Å². The van der Waals surface area contributed by atoms with Crippen molar-refractivity contribution in [3.8, 4) is 0 Å². The Balaban J connectivity index is 1.56. The van der Waals surface area contributed by atoms with E-state index in [2.05, 4.69) is 10.4 Å². The number of alkyl halides is 4. The molecule has 32 heavy (non-hydrogen) atoms. The van der Waals surface area contributed by atoms with Gasteiger partial charge in [0.1, 0.15) is 24.3 Å². The number of nitrogens with one attached hydrogen (secondary N) is 1. The van der Waals surface area contributed by atoms with Crippen LogP contribution in [0.2, 0.25) is 0 Å². The topological polar surface area (TPSA) is 79.7 Å². The fraction of sp³-hybridized carbons (Fsp3) is 0.421. The quantitative estimate of drug-likeness (QED) is 0.701. The summed E-state index contributed by atoms with van der Waals surface area (Å²) in [4.78, 5) is 31.9. The van der Waals surface area contributed by atoms with Crippen LogP contribution in [0.4, 0.5) is 32.4 Å². The van der Waals surface area contributed by atoms with Crippen molar-refractivity contribution >= 4 is 17.6 Å². The van der Waals surface area contributed by atoms with Crippen molar-refractivity contribution in [2.45, 2.75) is 31.8 Å². The predicted molar refractivity (Wildman–Crippen MR) is 99.7 cm³/mol. The average Bonchev–Trinajstić information content (AvgIpc) is 3.04. The second kappa shape index (κ2) is 8.04. The first kappa shape index (κ1) is 22.0. The molecular weight excluding hydrogens is 441 g/mol. The number of amides is 3. The van der Waals surface area contributed by atoms with Crippen molar-refractivity contribution in [3.05, 3.63) is 46.5 Å². The summed E-state index contributed by atoms with van der Waals surface area (Å²) in [7, 11) is 1.35. The number of rotatable bonds is 2. The smallest absolute Gasteiger partial charge is 0.320 e. The normalized spacial score (nSPS) is 18.8. The number of urea groups is 1. The fourth-order valence-electron chi connectivity index (χ4n) is 3.72. The molecule has 1 atom stereocenters. The second-order valence-electron chi connectivity index (χ2n) is 7.43. The molecule has 2 aromatic rings. The monoisotopic (exact) mass is 459 g/mol. The number of carbonyl (C=O) groups excluding carboxylic acids is 2. The molecule has 0 saturated heterocycles. The lowest BCUT2D eigenvalue weighted by Crippen LogP contribution is -2.39. The van der Waals surface area contributed by atoms with Crippen molar-refractivity contribution in [2.75, 3.05) is 25.6 Å². The predicted octanol–water partition coefficient (Wildman–Crippen LogP) is 2.99. The highest BCUT2D eigenvalue weighted by molar-refractivity contribution is 5.94. The van der Waals surface area contributed by atoms with Gasteiger partial charge in [-0.3, -0.25) is 14.3 Å². The minimum Gasteiger partial charge on any atom is -0.320 e. The van der Waals surface area contributed by atoms with E-state index in [1.54, 1.807) is 0 Å².